The molecule has 296 valence electrons. The molecule has 0 fully saturated rings. The van der Waals surface area contributed by atoms with E-state index >= 15 is 0 Å². The first-order valence-electron chi connectivity index (χ1n) is 21.8. The van der Waals surface area contributed by atoms with Gasteiger partial charge in [-0.15, -0.1) is 0 Å². The van der Waals surface area contributed by atoms with Crippen molar-refractivity contribution < 1.29 is 0 Å². The Morgan fingerprint density at radius 2 is 0.778 bits per heavy atom. The quantitative estimate of drug-likeness (QED) is 0.107. The third-order valence-corrected chi connectivity index (χ3v) is 17.9. The topological polar surface area (TPSA) is 9.86 Å². The lowest BCUT2D eigenvalue weighted by Crippen LogP contribution is -2.75. The molecule has 0 aliphatic rings. The maximum atomic E-state index is 2.59. The molecule has 2 aromatic heterocycles. The number of hydrogen-bond donors (Lipinski definition) is 0. The fourth-order valence-electron chi connectivity index (χ4n) is 10.5. The van der Waals surface area contributed by atoms with Crippen LogP contribution in [0.15, 0.2) is 255 Å². The van der Waals surface area contributed by atoms with Gasteiger partial charge in [-0.2, -0.15) is 0 Å². The summed E-state index contributed by atoms with van der Waals surface area (Å²) >= 11 is 0. The molecule has 0 aliphatic heterocycles. The Bertz CT molecular complexity index is 3510. The molecule has 0 radical (unpaired) electrons. The van der Waals surface area contributed by atoms with Crippen LogP contribution in [0.1, 0.15) is 0 Å². The molecule has 0 atom stereocenters. The van der Waals surface area contributed by atoms with E-state index in [1.54, 1.807) is 0 Å². The highest BCUT2D eigenvalue weighted by molar-refractivity contribution is 7.20. The molecule has 0 saturated heterocycles. The number of aromatic nitrogens is 2. The van der Waals surface area contributed by atoms with Crippen LogP contribution in [-0.4, -0.2) is 17.2 Å². The Morgan fingerprint density at radius 3 is 1.46 bits per heavy atom. The number of nitrogens with zero attached hydrogens (tertiary/aromatic N) is 2. The van der Waals surface area contributed by atoms with Gasteiger partial charge in [0, 0.05) is 38.5 Å². The number of benzene rings is 10. The minimum Gasteiger partial charge on any atom is -0.309 e. The summed E-state index contributed by atoms with van der Waals surface area (Å²) in [5, 5.41) is 10.4. The molecule has 0 unspecified atom stereocenters. The van der Waals surface area contributed by atoms with Crippen molar-refractivity contribution in [1.29, 1.82) is 0 Å². The Hall–Kier alpha value is -7.98. The van der Waals surface area contributed by atoms with E-state index in [0.717, 1.165) is 5.69 Å². The summed E-state index contributed by atoms with van der Waals surface area (Å²) < 4.78 is 5.04. The van der Waals surface area contributed by atoms with Crippen molar-refractivity contribution in [3.63, 3.8) is 0 Å². The minimum absolute atomic E-state index is 1.14. The fourth-order valence-corrected chi connectivity index (χ4v) is 15.4. The lowest BCUT2D eigenvalue weighted by Gasteiger charge is -2.36. The van der Waals surface area contributed by atoms with Crippen molar-refractivity contribution in [2.75, 3.05) is 0 Å². The summed E-state index contributed by atoms with van der Waals surface area (Å²) in [7, 11) is -2.94. The molecule has 12 aromatic rings. The normalized spacial score (nSPS) is 11.8. The number of para-hydroxylation sites is 4. The Kier molecular flexibility index (Phi) is 8.87. The minimum atomic E-state index is -2.94. The van der Waals surface area contributed by atoms with E-state index in [1.165, 1.54) is 92.3 Å². The van der Waals surface area contributed by atoms with Crippen LogP contribution in [0.2, 0.25) is 0 Å². The van der Waals surface area contributed by atoms with E-state index < -0.39 is 8.07 Å². The Morgan fingerprint density at radius 1 is 0.302 bits per heavy atom. The Balaban J connectivity index is 1.18. The number of rotatable bonds is 8. The van der Waals surface area contributed by atoms with E-state index in [2.05, 4.69) is 264 Å². The zero-order valence-corrected chi connectivity index (χ0v) is 35.6. The van der Waals surface area contributed by atoms with Crippen LogP contribution in [0.3, 0.4) is 0 Å². The molecule has 0 bridgehead atoms. The monoisotopic (exact) mass is 818 g/mol. The first-order valence-corrected chi connectivity index (χ1v) is 23.8. The van der Waals surface area contributed by atoms with Crippen molar-refractivity contribution in [1.82, 2.24) is 9.13 Å². The highest BCUT2D eigenvalue weighted by Crippen LogP contribution is 2.44. The van der Waals surface area contributed by atoms with Crippen LogP contribution < -0.4 is 20.7 Å². The SMILES string of the molecule is c1ccc(-c2cccc(-n3c4ccccc4c4c(-c5cccc6c7ccccc7n(-c7ccccc7[Si](c7ccccc7)(c7ccccc7)c7ccccc7)c56)cccc43)c2)cc1. The highest BCUT2D eigenvalue weighted by atomic mass is 28.3. The van der Waals surface area contributed by atoms with E-state index in [1.807, 2.05) is 0 Å². The van der Waals surface area contributed by atoms with Crippen LogP contribution in [0.25, 0.3) is 77.2 Å². The van der Waals surface area contributed by atoms with E-state index in [9.17, 15) is 0 Å². The maximum Gasteiger partial charge on any atom is 0.181 e. The average Bonchev–Trinajstić information content (AvgIpc) is 3.89. The zero-order valence-electron chi connectivity index (χ0n) is 34.6. The summed E-state index contributed by atoms with van der Waals surface area (Å²) in [5.41, 5.74) is 11.9. The molecular formula is C60H42N2Si. The summed E-state index contributed by atoms with van der Waals surface area (Å²) in [5.74, 6) is 0. The fraction of sp³-hybridized carbons (Fsp3) is 0. The molecular weight excluding hydrogens is 777 g/mol. The van der Waals surface area contributed by atoms with Crippen LogP contribution in [0, 0.1) is 0 Å². The first kappa shape index (κ1) is 36.8. The predicted octanol–water partition coefficient (Wildman–Crippen LogP) is 12.6. The van der Waals surface area contributed by atoms with E-state index in [4.69, 9.17) is 0 Å². The van der Waals surface area contributed by atoms with Crippen molar-refractivity contribution in [2.24, 2.45) is 0 Å². The maximum absolute atomic E-state index is 2.94. The van der Waals surface area contributed by atoms with Gasteiger partial charge in [0.2, 0.25) is 0 Å². The molecule has 2 nitrogen and oxygen atoms in total. The van der Waals surface area contributed by atoms with Gasteiger partial charge in [-0.05, 0) is 73.8 Å². The summed E-state index contributed by atoms with van der Waals surface area (Å²) in [6.45, 7) is 0. The van der Waals surface area contributed by atoms with Gasteiger partial charge in [0.15, 0.2) is 8.07 Å². The molecule has 3 heteroatoms. The third kappa shape index (κ3) is 5.78. The van der Waals surface area contributed by atoms with Crippen molar-refractivity contribution >= 4 is 72.4 Å². The standard InChI is InChI=1S/C60H42N2Si/c1-5-22-43(23-6-1)44-24-19-25-45(42-44)61-55-38-16-14-33-53(55)59-50(34-21-40-57(59)61)52-36-20-35-51-49-32-13-15-37-54(49)62(60(51)52)56-39-17-18-41-58(56)63(46-26-7-2-8-27-46,47-28-9-3-10-29-47)48-30-11-4-12-31-48/h1-42H. The predicted molar refractivity (Wildman–Crippen MR) is 270 cm³/mol. The van der Waals surface area contributed by atoms with Gasteiger partial charge in [-0.1, -0.05) is 218 Å². The molecule has 10 aromatic carbocycles. The second-order valence-electron chi connectivity index (χ2n) is 16.4. The molecule has 0 spiro atoms. The molecule has 63 heavy (non-hydrogen) atoms. The van der Waals surface area contributed by atoms with Crippen molar-refractivity contribution in [3.05, 3.63) is 255 Å². The number of hydrogen-bond acceptors (Lipinski definition) is 0. The Labute approximate surface area is 368 Å². The third-order valence-electron chi connectivity index (χ3n) is 13.1. The van der Waals surface area contributed by atoms with Gasteiger partial charge in [0.05, 0.1) is 22.1 Å². The van der Waals surface area contributed by atoms with Crippen LogP contribution in [-0.2, 0) is 0 Å². The molecule has 0 N–H and O–H groups in total. The molecule has 0 amide bonds. The van der Waals surface area contributed by atoms with Gasteiger partial charge >= 0.3 is 0 Å². The molecule has 2 heterocycles. The van der Waals surface area contributed by atoms with E-state index in [-0.39, 0.29) is 0 Å². The first-order chi connectivity index (χ1) is 31.3. The highest BCUT2D eigenvalue weighted by Gasteiger charge is 2.43. The second-order valence-corrected chi connectivity index (χ2v) is 20.2. The van der Waals surface area contributed by atoms with Crippen LogP contribution >= 0.6 is 0 Å². The van der Waals surface area contributed by atoms with Gasteiger partial charge in [0.1, 0.15) is 0 Å². The van der Waals surface area contributed by atoms with Gasteiger partial charge in [-0.3, -0.25) is 0 Å². The summed E-state index contributed by atoms with van der Waals surface area (Å²) in [6, 6.07) is 94.3. The van der Waals surface area contributed by atoms with Crippen molar-refractivity contribution in [3.8, 4) is 33.6 Å². The van der Waals surface area contributed by atoms with E-state index in [0.29, 0.717) is 0 Å². The molecule has 0 saturated carbocycles. The van der Waals surface area contributed by atoms with Gasteiger partial charge in [-0.25, -0.2) is 0 Å². The molecule has 12 rings (SSSR count). The second kappa shape index (κ2) is 15.2. The lowest BCUT2D eigenvalue weighted by molar-refractivity contribution is 1.18. The van der Waals surface area contributed by atoms with Gasteiger partial charge in [0.25, 0.3) is 0 Å². The van der Waals surface area contributed by atoms with Crippen LogP contribution in [0.5, 0.6) is 0 Å². The van der Waals surface area contributed by atoms with Crippen molar-refractivity contribution in [2.45, 2.75) is 0 Å². The summed E-state index contributed by atoms with van der Waals surface area (Å²) in [6.07, 6.45) is 0. The summed E-state index contributed by atoms with van der Waals surface area (Å²) in [4.78, 5) is 0. The lowest BCUT2D eigenvalue weighted by atomic mass is 9.97. The van der Waals surface area contributed by atoms with Crippen LogP contribution in [0.4, 0.5) is 0 Å². The molecule has 0 aliphatic carbocycles. The smallest absolute Gasteiger partial charge is 0.181 e. The number of fused-ring (bicyclic) bond motifs is 6. The van der Waals surface area contributed by atoms with Gasteiger partial charge < -0.3 is 9.13 Å². The zero-order chi connectivity index (χ0) is 41.7. The average molecular weight is 819 g/mol. The largest absolute Gasteiger partial charge is 0.309 e.